The summed E-state index contributed by atoms with van der Waals surface area (Å²) in [5.74, 6) is 0.779. The van der Waals surface area contributed by atoms with E-state index in [2.05, 4.69) is 63.8 Å². The van der Waals surface area contributed by atoms with Gasteiger partial charge in [0.05, 0.1) is 0 Å². The van der Waals surface area contributed by atoms with E-state index >= 15 is 0 Å². The first-order valence-electron chi connectivity index (χ1n) is 7.87. The molecule has 114 valence electrons. The van der Waals surface area contributed by atoms with Crippen LogP contribution in [0.1, 0.15) is 41.0 Å². The number of nitrogens with one attached hydrogen (secondary N) is 1. The Morgan fingerprint density at radius 1 is 1.26 bits per heavy atom. The fraction of sp³-hybridized carbons (Fsp3) is 1.00. The van der Waals surface area contributed by atoms with Crippen molar-refractivity contribution < 1.29 is 0 Å². The molecule has 3 nitrogen and oxygen atoms in total. The molecule has 0 saturated carbocycles. The van der Waals surface area contributed by atoms with Crippen molar-refractivity contribution in [3.8, 4) is 0 Å². The second kappa shape index (κ2) is 7.05. The van der Waals surface area contributed by atoms with Gasteiger partial charge in [0, 0.05) is 31.7 Å². The quantitative estimate of drug-likeness (QED) is 0.798. The average Bonchev–Trinajstić information content (AvgIpc) is 2.64. The van der Waals surface area contributed by atoms with E-state index in [-0.39, 0.29) is 0 Å². The topological polar surface area (TPSA) is 18.5 Å². The molecule has 0 amide bonds. The highest BCUT2D eigenvalue weighted by Crippen LogP contribution is 2.24. The van der Waals surface area contributed by atoms with Gasteiger partial charge in [-0.1, -0.05) is 34.6 Å². The number of likely N-dealkylation sites (tertiary alicyclic amines) is 1. The van der Waals surface area contributed by atoms with Crippen LogP contribution in [-0.2, 0) is 0 Å². The van der Waals surface area contributed by atoms with Gasteiger partial charge in [-0.2, -0.15) is 0 Å². The normalized spacial score (nSPS) is 27.2. The van der Waals surface area contributed by atoms with Crippen molar-refractivity contribution in [2.75, 3.05) is 40.3 Å². The Hall–Kier alpha value is -0.120. The van der Waals surface area contributed by atoms with Gasteiger partial charge in [0.1, 0.15) is 0 Å². The van der Waals surface area contributed by atoms with Crippen LogP contribution in [-0.4, -0.2) is 62.2 Å². The van der Waals surface area contributed by atoms with Crippen molar-refractivity contribution in [2.24, 2.45) is 11.3 Å². The van der Waals surface area contributed by atoms with Crippen LogP contribution in [0.3, 0.4) is 0 Å². The van der Waals surface area contributed by atoms with Crippen LogP contribution >= 0.6 is 0 Å². The summed E-state index contributed by atoms with van der Waals surface area (Å²) in [5, 5.41) is 3.74. The van der Waals surface area contributed by atoms with Crippen LogP contribution in [0.25, 0.3) is 0 Å². The second-order valence-corrected chi connectivity index (χ2v) is 7.60. The van der Waals surface area contributed by atoms with Crippen LogP contribution < -0.4 is 5.32 Å². The molecule has 0 aromatic rings. The molecule has 0 spiro atoms. The lowest BCUT2D eigenvalue weighted by atomic mass is 9.86. The fourth-order valence-corrected chi connectivity index (χ4v) is 3.09. The van der Waals surface area contributed by atoms with Crippen LogP contribution in [0.5, 0.6) is 0 Å². The lowest BCUT2D eigenvalue weighted by Gasteiger charge is -2.35. The maximum atomic E-state index is 3.74. The summed E-state index contributed by atoms with van der Waals surface area (Å²) in [5.41, 5.74) is 0.328. The number of rotatable bonds is 6. The molecule has 19 heavy (non-hydrogen) atoms. The second-order valence-electron chi connectivity index (χ2n) is 7.60. The molecule has 3 atom stereocenters. The summed E-state index contributed by atoms with van der Waals surface area (Å²) in [7, 11) is 4.42. The summed E-state index contributed by atoms with van der Waals surface area (Å²) in [6.07, 6.45) is 1.21. The minimum atomic E-state index is 0.328. The van der Waals surface area contributed by atoms with E-state index in [1.54, 1.807) is 0 Å². The zero-order valence-electron chi connectivity index (χ0n) is 14.2. The molecule has 0 aromatic heterocycles. The first-order valence-corrected chi connectivity index (χ1v) is 7.87. The number of likely N-dealkylation sites (N-methyl/N-ethyl adjacent to an activating group) is 1. The molecular weight excluding hydrogens is 234 g/mol. The lowest BCUT2D eigenvalue weighted by molar-refractivity contribution is 0.185. The van der Waals surface area contributed by atoms with E-state index in [9.17, 15) is 0 Å². The van der Waals surface area contributed by atoms with E-state index in [0.29, 0.717) is 17.5 Å². The van der Waals surface area contributed by atoms with Crippen LogP contribution in [0, 0.1) is 11.3 Å². The maximum absolute atomic E-state index is 3.74. The largest absolute Gasteiger partial charge is 0.312 e. The molecule has 1 heterocycles. The van der Waals surface area contributed by atoms with Gasteiger partial charge in [0.15, 0.2) is 0 Å². The lowest BCUT2D eigenvalue weighted by Crippen LogP contribution is -2.48. The summed E-state index contributed by atoms with van der Waals surface area (Å²) in [4.78, 5) is 5.03. The van der Waals surface area contributed by atoms with Crippen molar-refractivity contribution >= 4 is 0 Å². The standard InChI is InChI=1S/C16H35N3/c1-8-9-17-15(16(3,4)5)12-19-10-13(2)14(11-19)18(6)7/h13-15,17H,8-12H2,1-7H3. The Labute approximate surface area is 120 Å². The molecule has 0 bridgehead atoms. The van der Waals surface area contributed by atoms with Crippen molar-refractivity contribution in [3.05, 3.63) is 0 Å². The number of nitrogens with zero attached hydrogens (tertiary/aromatic N) is 2. The van der Waals surface area contributed by atoms with E-state index < -0.39 is 0 Å². The van der Waals surface area contributed by atoms with Crippen LogP contribution in [0.2, 0.25) is 0 Å². The number of hydrogen-bond donors (Lipinski definition) is 1. The SMILES string of the molecule is CCCNC(CN1CC(C)C(N(C)C)C1)C(C)(C)C. The van der Waals surface area contributed by atoms with E-state index in [0.717, 1.165) is 12.5 Å². The van der Waals surface area contributed by atoms with Gasteiger partial charge in [-0.25, -0.2) is 0 Å². The summed E-state index contributed by atoms with van der Waals surface area (Å²) < 4.78 is 0. The van der Waals surface area contributed by atoms with Gasteiger partial charge in [-0.3, -0.25) is 4.90 Å². The van der Waals surface area contributed by atoms with Crippen molar-refractivity contribution in [2.45, 2.75) is 53.1 Å². The van der Waals surface area contributed by atoms with E-state index in [1.807, 2.05) is 0 Å². The van der Waals surface area contributed by atoms with Crippen molar-refractivity contribution in [3.63, 3.8) is 0 Å². The molecule has 0 aliphatic carbocycles. The summed E-state index contributed by atoms with van der Waals surface area (Å²) in [6.45, 7) is 16.4. The first-order chi connectivity index (χ1) is 8.75. The number of hydrogen-bond acceptors (Lipinski definition) is 3. The minimum Gasteiger partial charge on any atom is -0.312 e. The van der Waals surface area contributed by atoms with Gasteiger partial charge in [-0.15, -0.1) is 0 Å². The average molecular weight is 269 g/mol. The zero-order chi connectivity index (χ0) is 14.6. The molecule has 1 saturated heterocycles. The molecule has 1 rings (SSSR count). The molecule has 1 N–H and O–H groups in total. The predicted octanol–water partition coefficient (Wildman–Crippen LogP) is 2.28. The summed E-state index contributed by atoms with van der Waals surface area (Å²) >= 11 is 0. The molecule has 3 unspecified atom stereocenters. The van der Waals surface area contributed by atoms with Gasteiger partial charge in [0.25, 0.3) is 0 Å². The maximum Gasteiger partial charge on any atom is 0.0254 e. The highest BCUT2D eigenvalue weighted by Gasteiger charge is 2.34. The van der Waals surface area contributed by atoms with Gasteiger partial charge in [0.2, 0.25) is 0 Å². The molecular formula is C16H35N3. The Morgan fingerprint density at radius 2 is 1.89 bits per heavy atom. The smallest absolute Gasteiger partial charge is 0.0254 e. The molecule has 1 aliphatic heterocycles. The van der Waals surface area contributed by atoms with Gasteiger partial charge in [-0.05, 0) is 38.4 Å². The Kier molecular flexibility index (Phi) is 6.28. The zero-order valence-corrected chi connectivity index (χ0v) is 14.2. The molecule has 1 aliphatic rings. The van der Waals surface area contributed by atoms with Gasteiger partial charge < -0.3 is 10.2 Å². The third-order valence-electron chi connectivity index (χ3n) is 4.44. The van der Waals surface area contributed by atoms with Gasteiger partial charge >= 0.3 is 0 Å². The van der Waals surface area contributed by atoms with Crippen molar-refractivity contribution in [1.29, 1.82) is 0 Å². The Bertz CT molecular complexity index is 257. The van der Waals surface area contributed by atoms with E-state index in [4.69, 9.17) is 0 Å². The molecule has 0 aromatic carbocycles. The minimum absolute atomic E-state index is 0.328. The third kappa shape index (κ3) is 5.05. The molecule has 1 fully saturated rings. The Morgan fingerprint density at radius 3 is 2.32 bits per heavy atom. The van der Waals surface area contributed by atoms with E-state index in [1.165, 1.54) is 26.1 Å². The first kappa shape index (κ1) is 16.9. The third-order valence-corrected chi connectivity index (χ3v) is 4.44. The van der Waals surface area contributed by atoms with Crippen LogP contribution in [0.15, 0.2) is 0 Å². The molecule has 3 heteroatoms. The predicted molar refractivity (Wildman–Crippen MR) is 84.6 cm³/mol. The summed E-state index contributed by atoms with van der Waals surface area (Å²) in [6, 6.07) is 1.30. The Balaban J connectivity index is 2.56. The molecule has 0 radical (unpaired) electrons. The van der Waals surface area contributed by atoms with Crippen LogP contribution in [0.4, 0.5) is 0 Å². The fourth-order valence-electron chi connectivity index (χ4n) is 3.09. The highest BCUT2D eigenvalue weighted by atomic mass is 15.2. The monoisotopic (exact) mass is 269 g/mol. The van der Waals surface area contributed by atoms with Crippen molar-refractivity contribution in [1.82, 2.24) is 15.1 Å². The highest BCUT2D eigenvalue weighted by molar-refractivity contribution is 4.91.